The molecule has 3 N–H and O–H groups in total. The number of carbonyl (C=O) groups is 1. The van der Waals surface area contributed by atoms with Crippen molar-refractivity contribution in [3.8, 4) is 11.3 Å². The first-order chi connectivity index (χ1) is 10.3. The minimum Gasteiger partial charge on any atom is -0.315 e. The van der Waals surface area contributed by atoms with Crippen molar-refractivity contribution in [3.63, 3.8) is 0 Å². The Bertz CT molecular complexity index is 668. The number of nitrogens with one attached hydrogen (secondary N) is 3. The maximum atomic E-state index is 12.5. The molecule has 1 saturated carbocycles. The predicted molar refractivity (Wildman–Crippen MR) is 78.5 cm³/mol. The topological polar surface area (TPSA) is 82.7 Å². The molecule has 21 heavy (non-hydrogen) atoms. The van der Waals surface area contributed by atoms with E-state index in [9.17, 15) is 4.79 Å². The van der Waals surface area contributed by atoms with Crippen LogP contribution >= 0.6 is 0 Å². The second-order valence-electron chi connectivity index (χ2n) is 5.89. The van der Waals surface area contributed by atoms with E-state index in [1.807, 2.05) is 18.2 Å². The van der Waals surface area contributed by atoms with Gasteiger partial charge in [-0.05, 0) is 37.4 Å². The van der Waals surface area contributed by atoms with E-state index in [0.717, 1.165) is 37.2 Å². The van der Waals surface area contributed by atoms with Gasteiger partial charge in [0.05, 0.1) is 11.1 Å². The summed E-state index contributed by atoms with van der Waals surface area (Å²) >= 11 is 0. The summed E-state index contributed by atoms with van der Waals surface area (Å²) in [7, 11) is 0. The van der Waals surface area contributed by atoms with Crippen LogP contribution in [0.3, 0.4) is 0 Å². The van der Waals surface area contributed by atoms with Crippen LogP contribution in [0.5, 0.6) is 0 Å². The van der Waals surface area contributed by atoms with E-state index in [1.54, 1.807) is 12.4 Å². The van der Waals surface area contributed by atoms with Gasteiger partial charge < -0.3 is 10.6 Å². The summed E-state index contributed by atoms with van der Waals surface area (Å²) in [6, 6.07) is 5.67. The van der Waals surface area contributed by atoms with Crippen LogP contribution in [0.2, 0.25) is 0 Å². The molecule has 2 aromatic heterocycles. The minimum absolute atomic E-state index is 0.0907. The molecule has 2 atom stereocenters. The molecule has 6 nitrogen and oxygen atoms in total. The number of nitrogens with zero attached hydrogens (tertiary/aromatic N) is 2. The zero-order valence-corrected chi connectivity index (χ0v) is 11.6. The fourth-order valence-electron chi connectivity index (χ4n) is 3.37. The van der Waals surface area contributed by atoms with Crippen molar-refractivity contribution in [1.82, 2.24) is 20.5 Å². The Labute approximate surface area is 122 Å². The number of pyridine rings is 1. The molecular weight excluding hydrogens is 266 g/mol. The second-order valence-corrected chi connectivity index (χ2v) is 5.89. The van der Waals surface area contributed by atoms with Crippen molar-refractivity contribution in [2.45, 2.75) is 12.8 Å². The average Bonchev–Trinajstić information content (AvgIpc) is 3.06. The molecule has 1 saturated heterocycles. The summed E-state index contributed by atoms with van der Waals surface area (Å²) < 4.78 is 0. The van der Waals surface area contributed by atoms with Gasteiger partial charge >= 0.3 is 0 Å². The van der Waals surface area contributed by atoms with E-state index < -0.39 is 0 Å². The smallest absolute Gasteiger partial charge is 0.233 e. The van der Waals surface area contributed by atoms with Crippen LogP contribution in [0.1, 0.15) is 12.8 Å². The molecule has 2 aromatic rings. The molecule has 0 bridgehead atoms. The largest absolute Gasteiger partial charge is 0.315 e. The van der Waals surface area contributed by atoms with Gasteiger partial charge in [0.2, 0.25) is 5.91 Å². The van der Waals surface area contributed by atoms with Gasteiger partial charge in [0, 0.05) is 30.6 Å². The number of amides is 1. The molecule has 108 valence electrons. The molecule has 0 radical (unpaired) electrons. The third kappa shape index (κ3) is 1.94. The monoisotopic (exact) mass is 283 g/mol. The van der Waals surface area contributed by atoms with E-state index in [2.05, 4.69) is 25.8 Å². The fraction of sp³-hybridized carbons (Fsp3) is 0.400. The highest BCUT2D eigenvalue weighted by atomic mass is 16.2. The Morgan fingerprint density at radius 1 is 1.48 bits per heavy atom. The molecule has 0 spiro atoms. The highest BCUT2D eigenvalue weighted by molar-refractivity contribution is 5.96. The van der Waals surface area contributed by atoms with Gasteiger partial charge in [0.25, 0.3) is 0 Å². The Morgan fingerprint density at radius 2 is 2.43 bits per heavy atom. The molecule has 2 aliphatic rings. The molecular formula is C15H17N5O. The van der Waals surface area contributed by atoms with Gasteiger partial charge in [-0.2, -0.15) is 5.10 Å². The first-order valence-corrected chi connectivity index (χ1v) is 7.26. The van der Waals surface area contributed by atoms with Crippen LogP contribution in [0.15, 0.2) is 30.6 Å². The zero-order valence-electron chi connectivity index (χ0n) is 11.6. The van der Waals surface area contributed by atoms with E-state index in [1.165, 1.54) is 0 Å². The zero-order chi connectivity index (χ0) is 14.3. The standard InChI is InChI=1S/C15H17N5O/c21-14(15-4-3-11(15)8-17-9-15)18-13-6-12(19-20-13)10-2-1-5-16-7-10/h1-2,5-7,11,17H,3-4,8-9H2,(H2,18,19,20,21)/t11-,15-/m0/s1. The van der Waals surface area contributed by atoms with Crippen LogP contribution in [0, 0.1) is 11.3 Å². The number of H-pyrrole nitrogens is 1. The molecule has 2 fully saturated rings. The Kier molecular flexibility index (Phi) is 2.78. The molecule has 3 heterocycles. The number of fused-ring (bicyclic) bond motifs is 1. The lowest BCUT2D eigenvalue weighted by molar-refractivity contribution is -0.132. The SMILES string of the molecule is O=C(Nc1cc(-c2cccnc2)[nH]n1)[C@]12CC[C@H]1CNC2. The Hall–Kier alpha value is -2.21. The number of carbonyl (C=O) groups excluding carboxylic acids is 1. The van der Waals surface area contributed by atoms with E-state index in [-0.39, 0.29) is 11.3 Å². The maximum Gasteiger partial charge on any atom is 0.233 e. The fourth-order valence-corrected chi connectivity index (χ4v) is 3.37. The summed E-state index contributed by atoms with van der Waals surface area (Å²) in [5, 5.41) is 13.4. The molecule has 6 heteroatoms. The van der Waals surface area contributed by atoms with Crippen LogP contribution in [-0.2, 0) is 4.79 Å². The van der Waals surface area contributed by atoms with Gasteiger partial charge in [0.1, 0.15) is 0 Å². The van der Waals surface area contributed by atoms with Crippen LogP contribution in [0.25, 0.3) is 11.3 Å². The van der Waals surface area contributed by atoms with Gasteiger partial charge in [0.15, 0.2) is 5.82 Å². The Morgan fingerprint density at radius 3 is 3.14 bits per heavy atom. The van der Waals surface area contributed by atoms with Crippen LogP contribution in [-0.4, -0.2) is 34.2 Å². The molecule has 1 aliphatic heterocycles. The summed E-state index contributed by atoms with van der Waals surface area (Å²) in [4.78, 5) is 16.6. The number of aromatic nitrogens is 3. The molecule has 0 aromatic carbocycles. The molecule has 0 unspecified atom stereocenters. The lowest BCUT2D eigenvalue weighted by Crippen LogP contribution is -2.49. The van der Waals surface area contributed by atoms with Gasteiger partial charge in [-0.1, -0.05) is 0 Å². The normalized spacial score (nSPS) is 27.0. The number of aromatic amines is 1. The molecule has 1 aliphatic carbocycles. The number of hydrogen-bond acceptors (Lipinski definition) is 4. The van der Waals surface area contributed by atoms with E-state index in [0.29, 0.717) is 11.7 Å². The molecule has 4 rings (SSSR count). The lowest BCUT2D eigenvalue weighted by atomic mass is 9.61. The molecule has 1 amide bonds. The highest BCUT2D eigenvalue weighted by Gasteiger charge is 2.55. The first-order valence-electron chi connectivity index (χ1n) is 7.26. The van der Waals surface area contributed by atoms with Crippen molar-refractivity contribution in [1.29, 1.82) is 0 Å². The van der Waals surface area contributed by atoms with Crippen molar-refractivity contribution < 1.29 is 4.79 Å². The van der Waals surface area contributed by atoms with Crippen LogP contribution < -0.4 is 10.6 Å². The average molecular weight is 283 g/mol. The lowest BCUT2D eigenvalue weighted by Gasteiger charge is -2.42. The number of hydrogen-bond donors (Lipinski definition) is 3. The van der Waals surface area contributed by atoms with E-state index in [4.69, 9.17) is 0 Å². The van der Waals surface area contributed by atoms with Crippen molar-refractivity contribution >= 4 is 11.7 Å². The third-order valence-electron chi connectivity index (χ3n) is 4.80. The van der Waals surface area contributed by atoms with Crippen molar-refractivity contribution in [3.05, 3.63) is 30.6 Å². The van der Waals surface area contributed by atoms with E-state index >= 15 is 0 Å². The summed E-state index contributed by atoms with van der Waals surface area (Å²) in [6.07, 6.45) is 5.60. The number of anilines is 1. The number of rotatable bonds is 3. The summed E-state index contributed by atoms with van der Waals surface area (Å²) in [6.45, 7) is 1.73. The summed E-state index contributed by atoms with van der Waals surface area (Å²) in [5.41, 5.74) is 1.59. The first kappa shape index (κ1) is 12.5. The third-order valence-corrected chi connectivity index (χ3v) is 4.80. The van der Waals surface area contributed by atoms with Gasteiger partial charge in [-0.3, -0.25) is 14.9 Å². The Balaban J connectivity index is 1.51. The summed E-state index contributed by atoms with van der Waals surface area (Å²) in [5.74, 6) is 1.15. The highest BCUT2D eigenvalue weighted by Crippen LogP contribution is 2.49. The van der Waals surface area contributed by atoms with Crippen molar-refractivity contribution in [2.24, 2.45) is 11.3 Å². The second kappa shape index (κ2) is 4.66. The van der Waals surface area contributed by atoms with Crippen LogP contribution in [0.4, 0.5) is 5.82 Å². The predicted octanol–water partition coefficient (Wildman–Crippen LogP) is 1.41. The quantitative estimate of drug-likeness (QED) is 0.795. The van der Waals surface area contributed by atoms with Gasteiger partial charge in [-0.25, -0.2) is 0 Å². The minimum atomic E-state index is -0.215. The van der Waals surface area contributed by atoms with Crippen molar-refractivity contribution in [2.75, 3.05) is 18.4 Å². The maximum absolute atomic E-state index is 12.5. The van der Waals surface area contributed by atoms with Gasteiger partial charge in [-0.15, -0.1) is 0 Å².